The highest BCUT2D eigenvalue weighted by atomic mass is 16.5. The van der Waals surface area contributed by atoms with Gasteiger partial charge in [0, 0.05) is 6.54 Å². The van der Waals surface area contributed by atoms with Crippen molar-refractivity contribution in [2.24, 2.45) is 40.4 Å². The van der Waals surface area contributed by atoms with Crippen LogP contribution in [-0.4, -0.2) is 42.4 Å². The molecule has 30 heavy (non-hydrogen) atoms. The number of methoxy groups -OCH3 is 1. The molecule has 4 nitrogen and oxygen atoms in total. The van der Waals surface area contributed by atoms with E-state index in [0.29, 0.717) is 17.3 Å². The average Bonchev–Trinajstić information content (AvgIpc) is 3.09. The summed E-state index contributed by atoms with van der Waals surface area (Å²) in [5, 5.41) is 11.5. The van der Waals surface area contributed by atoms with E-state index in [1.165, 1.54) is 38.5 Å². The highest BCUT2D eigenvalue weighted by Crippen LogP contribution is 2.68. The molecule has 0 aliphatic heterocycles. The van der Waals surface area contributed by atoms with E-state index in [-0.39, 0.29) is 17.3 Å². The maximum Gasteiger partial charge on any atom is 0.309 e. The standard InChI is InChI=1S/C26H45NO3/c1-6-7-16-27(4)26(29)15-14-24(2)18(17-26)8-9-19-20-10-11-22(23(28)30-5)25(20,3)13-12-21(19)24/h18-22,29H,6-17H2,1-5H3/t18?,19-,20-,21+,22?,24-,25-,26?/m0/s1. The minimum Gasteiger partial charge on any atom is -0.469 e. The Morgan fingerprint density at radius 1 is 1.03 bits per heavy atom. The van der Waals surface area contributed by atoms with Gasteiger partial charge in [0.2, 0.25) is 0 Å². The number of aliphatic hydroxyl groups is 1. The van der Waals surface area contributed by atoms with Crippen LogP contribution in [0.15, 0.2) is 0 Å². The van der Waals surface area contributed by atoms with E-state index >= 15 is 0 Å². The molecule has 0 bridgehead atoms. The Balaban J connectivity index is 1.51. The number of carbonyl (C=O) groups is 1. The van der Waals surface area contributed by atoms with E-state index in [1.807, 2.05) is 0 Å². The van der Waals surface area contributed by atoms with Crippen LogP contribution in [0.1, 0.15) is 91.4 Å². The minimum absolute atomic E-state index is 0.0243. The van der Waals surface area contributed by atoms with Crippen LogP contribution >= 0.6 is 0 Å². The molecule has 4 aliphatic rings. The van der Waals surface area contributed by atoms with Crippen molar-refractivity contribution in [2.75, 3.05) is 20.7 Å². The number of hydrogen-bond acceptors (Lipinski definition) is 4. The van der Waals surface area contributed by atoms with Gasteiger partial charge in [-0.3, -0.25) is 9.69 Å². The summed E-state index contributed by atoms with van der Waals surface area (Å²) < 4.78 is 5.19. The molecule has 4 heteroatoms. The van der Waals surface area contributed by atoms with Crippen LogP contribution in [0.2, 0.25) is 0 Å². The Labute approximate surface area is 184 Å². The topological polar surface area (TPSA) is 49.8 Å². The molecule has 1 N–H and O–H groups in total. The lowest BCUT2D eigenvalue weighted by atomic mass is 9.44. The quantitative estimate of drug-likeness (QED) is 0.489. The van der Waals surface area contributed by atoms with Crippen LogP contribution in [0.3, 0.4) is 0 Å². The van der Waals surface area contributed by atoms with Crippen LogP contribution in [0.4, 0.5) is 0 Å². The fourth-order valence-electron chi connectivity index (χ4n) is 8.71. The fourth-order valence-corrected chi connectivity index (χ4v) is 8.71. The summed E-state index contributed by atoms with van der Waals surface area (Å²) in [7, 11) is 3.68. The van der Waals surface area contributed by atoms with E-state index < -0.39 is 5.72 Å². The predicted molar refractivity (Wildman–Crippen MR) is 120 cm³/mol. The number of unbranched alkanes of at least 4 members (excludes halogenated alkanes) is 1. The molecule has 0 spiro atoms. The Morgan fingerprint density at radius 3 is 2.47 bits per heavy atom. The summed E-state index contributed by atoms with van der Waals surface area (Å²) in [4.78, 5) is 14.7. The van der Waals surface area contributed by atoms with Crippen LogP contribution in [0, 0.1) is 40.4 Å². The molecule has 4 rings (SSSR count). The molecule has 4 saturated carbocycles. The van der Waals surface area contributed by atoms with Gasteiger partial charge < -0.3 is 9.84 Å². The number of fused-ring (bicyclic) bond motifs is 5. The van der Waals surface area contributed by atoms with Gasteiger partial charge in [-0.05, 0) is 106 Å². The zero-order valence-electron chi connectivity index (χ0n) is 20.1. The largest absolute Gasteiger partial charge is 0.469 e. The number of esters is 1. The van der Waals surface area contributed by atoms with Gasteiger partial charge >= 0.3 is 5.97 Å². The maximum absolute atomic E-state index is 12.5. The Kier molecular flexibility index (Phi) is 6.07. The third kappa shape index (κ3) is 3.36. The molecule has 0 aromatic carbocycles. The van der Waals surface area contributed by atoms with E-state index in [4.69, 9.17) is 4.74 Å². The first kappa shape index (κ1) is 22.6. The summed E-state index contributed by atoms with van der Waals surface area (Å²) in [6.07, 6.45) is 12.5. The summed E-state index contributed by atoms with van der Waals surface area (Å²) in [6.45, 7) is 8.16. The molecule has 0 aromatic rings. The lowest BCUT2D eigenvalue weighted by Crippen LogP contribution is -2.59. The second kappa shape index (κ2) is 8.06. The Morgan fingerprint density at radius 2 is 1.77 bits per heavy atom. The van der Waals surface area contributed by atoms with Crippen molar-refractivity contribution in [3.05, 3.63) is 0 Å². The molecular weight excluding hydrogens is 374 g/mol. The average molecular weight is 420 g/mol. The Bertz CT molecular complexity index is 652. The second-order valence-corrected chi connectivity index (χ2v) is 11.8. The number of hydrogen-bond donors (Lipinski definition) is 1. The number of ether oxygens (including phenoxy) is 1. The summed E-state index contributed by atoms with van der Waals surface area (Å²) in [5.74, 6) is 2.94. The second-order valence-electron chi connectivity index (χ2n) is 11.8. The fraction of sp³-hybridized carbons (Fsp3) is 0.962. The zero-order valence-corrected chi connectivity index (χ0v) is 20.1. The van der Waals surface area contributed by atoms with Crippen molar-refractivity contribution in [2.45, 2.75) is 97.1 Å². The van der Waals surface area contributed by atoms with Crippen LogP contribution < -0.4 is 0 Å². The van der Waals surface area contributed by atoms with Gasteiger partial charge in [-0.2, -0.15) is 0 Å². The van der Waals surface area contributed by atoms with Crippen molar-refractivity contribution in [1.82, 2.24) is 4.90 Å². The Hall–Kier alpha value is -0.610. The molecule has 0 aromatic heterocycles. The van der Waals surface area contributed by atoms with E-state index in [0.717, 1.165) is 50.5 Å². The van der Waals surface area contributed by atoms with Crippen molar-refractivity contribution in [1.29, 1.82) is 0 Å². The molecule has 0 saturated heterocycles. The molecule has 0 heterocycles. The third-order valence-electron chi connectivity index (χ3n) is 10.7. The van der Waals surface area contributed by atoms with Gasteiger partial charge in [0.1, 0.15) is 5.72 Å². The predicted octanol–water partition coefficient (Wildman–Crippen LogP) is 5.24. The number of nitrogens with zero attached hydrogens (tertiary/aromatic N) is 1. The van der Waals surface area contributed by atoms with Crippen molar-refractivity contribution < 1.29 is 14.6 Å². The molecular formula is C26H45NO3. The molecule has 3 unspecified atom stereocenters. The molecule has 172 valence electrons. The van der Waals surface area contributed by atoms with Crippen LogP contribution in [0.5, 0.6) is 0 Å². The third-order valence-corrected chi connectivity index (χ3v) is 10.7. The van der Waals surface area contributed by atoms with Crippen LogP contribution in [0.25, 0.3) is 0 Å². The minimum atomic E-state index is -0.612. The first-order chi connectivity index (χ1) is 14.2. The molecule has 4 fully saturated rings. The van der Waals surface area contributed by atoms with E-state index in [9.17, 15) is 9.90 Å². The SMILES string of the molecule is CCCCN(C)C1(O)CC[C@@]2(C)C(CC[C@@H]3[C@H]2CC[C@]2(C)C(C(=O)OC)CC[C@@H]32)C1. The van der Waals surface area contributed by atoms with Gasteiger partial charge in [-0.15, -0.1) is 0 Å². The lowest BCUT2D eigenvalue weighted by molar-refractivity contribution is -0.196. The van der Waals surface area contributed by atoms with E-state index in [1.54, 1.807) is 7.11 Å². The molecule has 4 aliphatic carbocycles. The molecule has 8 atom stereocenters. The molecule has 0 amide bonds. The van der Waals surface area contributed by atoms with Crippen molar-refractivity contribution in [3.63, 3.8) is 0 Å². The highest BCUT2D eigenvalue weighted by Gasteiger charge is 2.62. The van der Waals surface area contributed by atoms with Gasteiger partial charge in [-0.25, -0.2) is 0 Å². The monoisotopic (exact) mass is 419 g/mol. The summed E-state index contributed by atoms with van der Waals surface area (Å²) in [5.41, 5.74) is -0.128. The van der Waals surface area contributed by atoms with E-state index in [2.05, 4.69) is 32.7 Å². The summed E-state index contributed by atoms with van der Waals surface area (Å²) >= 11 is 0. The van der Waals surface area contributed by atoms with Crippen molar-refractivity contribution in [3.8, 4) is 0 Å². The van der Waals surface area contributed by atoms with Gasteiger partial charge in [0.15, 0.2) is 0 Å². The number of carbonyl (C=O) groups excluding carboxylic acids is 1. The smallest absolute Gasteiger partial charge is 0.309 e. The first-order valence-electron chi connectivity index (χ1n) is 12.7. The molecule has 0 radical (unpaired) electrons. The lowest BCUT2D eigenvalue weighted by Gasteiger charge is -2.62. The summed E-state index contributed by atoms with van der Waals surface area (Å²) in [6, 6.07) is 0. The van der Waals surface area contributed by atoms with Gasteiger partial charge in [0.25, 0.3) is 0 Å². The van der Waals surface area contributed by atoms with Gasteiger partial charge in [-0.1, -0.05) is 27.2 Å². The number of rotatable bonds is 5. The zero-order chi connectivity index (χ0) is 21.7. The first-order valence-corrected chi connectivity index (χ1v) is 12.7. The highest BCUT2D eigenvalue weighted by molar-refractivity contribution is 5.73. The van der Waals surface area contributed by atoms with Gasteiger partial charge in [0.05, 0.1) is 13.0 Å². The van der Waals surface area contributed by atoms with Crippen molar-refractivity contribution >= 4 is 5.97 Å². The maximum atomic E-state index is 12.5. The normalized spacial score (nSPS) is 48.0. The van der Waals surface area contributed by atoms with Crippen LogP contribution in [-0.2, 0) is 9.53 Å².